The van der Waals surface area contributed by atoms with Crippen molar-refractivity contribution < 1.29 is 9.90 Å². The van der Waals surface area contributed by atoms with Crippen molar-refractivity contribution >= 4 is 17.7 Å². The van der Waals surface area contributed by atoms with Crippen LogP contribution in [-0.4, -0.2) is 32.4 Å². The Morgan fingerprint density at radius 3 is 2.71 bits per heavy atom. The van der Waals surface area contributed by atoms with E-state index in [0.29, 0.717) is 18.8 Å². The molecule has 0 aliphatic carbocycles. The van der Waals surface area contributed by atoms with Crippen molar-refractivity contribution in [2.45, 2.75) is 30.8 Å². The summed E-state index contributed by atoms with van der Waals surface area (Å²) in [6.07, 6.45) is 0.0330. The molecule has 0 spiro atoms. The van der Waals surface area contributed by atoms with Crippen molar-refractivity contribution in [2.75, 3.05) is 6.54 Å². The predicted molar refractivity (Wildman–Crippen MR) is 81.2 cm³/mol. The highest BCUT2D eigenvalue weighted by atomic mass is 32.2. The van der Waals surface area contributed by atoms with Crippen molar-refractivity contribution in [1.82, 2.24) is 14.8 Å². The molecule has 2 rings (SSSR count). The van der Waals surface area contributed by atoms with Gasteiger partial charge in [0, 0.05) is 18.8 Å². The van der Waals surface area contributed by atoms with Crippen LogP contribution in [0.2, 0.25) is 0 Å². The molecule has 1 aromatic heterocycles. The lowest BCUT2D eigenvalue weighted by molar-refractivity contribution is -0.136. The fraction of sp³-hybridized carbons (Fsp3) is 0.357. The molecule has 112 valence electrons. The second-order valence-corrected chi connectivity index (χ2v) is 5.54. The molecule has 0 aliphatic heterocycles. The van der Waals surface area contributed by atoms with Crippen LogP contribution in [0.5, 0.6) is 0 Å². The summed E-state index contributed by atoms with van der Waals surface area (Å²) in [7, 11) is 0. The lowest BCUT2D eigenvalue weighted by Gasteiger charge is -2.09. The third kappa shape index (κ3) is 4.05. The molecule has 1 aromatic carbocycles. The van der Waals surface area contributed by atoms with Crippen LogP contribution in [0.25, 0.3) is 0 Å². The Hall–Kier alpha value is -1.86. The third-order valence-electron chi connectivity index (χ3n) is 3.07. The monoisotopic (exact) mass is 306 g/mol. The van der Waals surface area contributed by atoms with Crippen molar-refractivity contribution in [3.05, 3.63) is 41.2 Å². The Kier molecular flexibility index (Phi) is 5.35. The molecule has 1 heterocycles. The van der Waals surface area contributed by atoms with Crippen LogP contribution in [0.15, 0.2) is 29.4 Å². The molecular weight excluding hydrogens is 288 g/mol. The Balaban J connectivity index is 2.11. The van der Waals surface area contributed by atoms with Gasteiger partial charge < -0.3 is 15.4 Å². The number of nitrogens with two attached hydrogens (primary N) is 1. The van der Waals surface area contributed by atoms with Crippen LogP contribution in [0.3, 0.4) is 0 Å². The number of carboxylic acids is 1. The summed E-state index contributed by atoms with van der Waals surface area (Å²) < 4.78 is 1.98. The quantitative estimate of drug-likeness (QED) is 0.752. The molecule has 0 amide bonds. The second kappa shape index (κ2) is 7.24. The number of aryl methyl sites for hydroxylation is 1. The minimum atomic E-state index is -0.824. The van der Waals surface area contributed by atoms with E-state index in [2.05, 4.69) is 10.2 Å². The van der Waals surface area contributed by atoms with Gasteiger partial charge in [-0.2, -0.15) is 0 Å². The van der Waals surface area contributed by atoms with Crippen LogP contribution in [0, 0.1) is 6.92 Å². The standard InChI is InChI=1S/C14H18N4O2S/c1-10-16-17-14(18(10)7-6-15)21-9-12-5-3-2-4-11(12)8-13(19)20/h2-5H,6-9,15H2,1H3,(H,19,20). The molecule has 0 radical (unpaired) electrons. The molecule has 21 heavy (non-hydrogen) atoms. The molecule has 0 atom stereocenters. The van der Waals surface area contributed by atoms with Gasteiger partial charge in [0.2, 0.25) is 0 Å². The Morgan fingerprint density at radius 1 is 1.33 bits per heavy atom. The summed E-state index contributed by atoms with van der Waals surface area (Å²) in [5.74, 6) is 0.669. The first-order valence-electron chi connectivity index (χ1n) is 6.63. The second-order valence-electron chi connectivity index (χ2n) is 4.60. The highest BCUT2D eigenvalue weighted by Crippen LogP contribution is 2.24. The van der Waals surface area contributed by atoms with Gasteiger partial charge in [-0.1, -0.05) is 36.0 Å². The van der Waals surface area contributed by atoms with Gasteiger partial charge in [-0.15, -0.1) is 10.2 Å². The van der Waals surface area contributed by atoms with Crippen LogP contribution < -0.4 is 5.73 Å². The lowest BCUT2D eigenvalue weighted by Crippen LogP contribution is -2.12. The number of rotatable bonds is 7. The van der Waals surface area contributed by atoms with Gasteiger partial charge in [-0.25, -0.2) is 0 Å². The smallest absolute Gasteiger partial charge is 0.307 e. The Labute approximate surface area is 127 Å². The molecule has 3 N–H and O–H groups in total. The topological polar surface area (TPSA) is 94.0 Å². The number of hydrogen-bond donors (Lipinski definition) is 2. The largest absolute Gasteiger partial charge is 0.481 e. The zero-order valence-electron chi connectivity index (χ0n) is 11.8. The Morgan fingerprint density at radius 2 is 2.05 bits per heavy atom. The van der Waals surface area contributed by atoms with E-state index in [-0.39, 0.29) is 6.42 Å². The number of benzene rings is 1. The van der Waals surface area contributed by atoms with Crippen LogP contribution in [0.4, 0.5) is 0 Å². The number of thioether (sulfide) groups is 1. The number of hydrogen-bond acceptors (Lipinski definition) is 5. The lowest BCUT2D eigenvalue weighted by atomic mass is 10.1. The number of aliphatic carboxylic acids is 1. The molecule has 0 unspecified atom stereocenters. The number of carboxylic acid groups (broad SMARTS) is 1. The fourth-order valence-electron chi connectivity index (χ4n) is 2.03. The van der Waals surface area contributed by atoms with Gasteiger partial charge in [0.1, 0.15) is 5.82 Å². The van der Waals surface area contributed by atoms with Crippen molar-refractivity contribution in [3.8, 4) is 0 Å². The average molecular weight is 306 g/mol. The average Bonchev–Trinajstić information content (AvgIpc) is 2.79. The zero-order chi connectivity index (χ0) is 15.2. The first-order chi connectivity index (χ1) is 10.1. The summed E-state index contributed by atoms with van der Waals surface area (Å²) in [4.78, 5) is 10.9. The Bertz CT molecular complexity index is 627. The van der Waals surface area contributed by atoms with Crippen LogP contribution >= 0.6 is 11.8 Å². The minimum absolute atomic E-state index is 0.0330. The first kappa shape index (κ1) is 15.5. The molecule has 0 bridgehead atoms. The van der Waals surface area contributed by atoms with E-state index >= 15 is 0 Å². The van der Waals surface area contributed by atoms with Crippen LogP contribution in [-0.2, 0) is 23.5 Å². The zero-order valence-corrected chi connectivity index (χ0v) is 12.6. The molecule has 0 saturated carbocycles. The maximum atomic E-state index is 10.9. The van der Waals surface area contributed by atoms with E-state index in [0.717, 1.165) is 22.1 Å². The summed E-state index contributed by atoms with van der Waals surface area (Å²) >= 11 is 1.54. The van der Waals surface area contributed by atoms with Gasteiger partial charge in [0.05, 0.1) is 6.42 Å². The van der Waals surface area contributed by atoms with E-state index < -0.39 is 5.97 Å². The van der Waals surface area contributed by atoms with Crippen molar-refractivity contribution in [2.24, 2.45) is 5.73 Å². The molecule has 0 fully saturated rings. The van der Waals surface area contributed by atoms with E-state index in [9.17, 15) is 4.79 Å². The fourth-order valence-corrected chi connectivity index (χ4v) is 3.07. The summed E-state index contributed by atoms with van der Waals surface area (Å²) in [6.45, 7) is 3.10. The highest BCUT2D eigenvalue weighted by molar-refractivity contribution is 7.98. The summed E-state index contributed by atoms with van der Waals surface area (Å²) in [5, 5.41) is 18.0. The van der Waals surface area contributed by atoms with Gasteiger partial charge in [0.15, 0.2) is 5.16 Å². The first-order valence-corrected chi connectivity index (χ1v) is 7.61. The van der Waals surface area contributed by atoms with Crippen molar-refractivity contribution in [1.29, 1.82) is 0 Å². The minimum Gasteiger partial charge on any atom is -0.481 e. The third-order valence-corrected chi connectivity index (χ3v) is 4.09. The normalized spacial score (nSPS) is 10.8. The molecule has 0 aliphatic rings. The number of aromatic nitrogens is 3. The number of carbonyl (C=O) groups is 1. The van der Waals surface area contributed by atoms with Crippen LogP contribution in [0.1, 0.15) is 17.0 Å². The maximum Gasteiger partial charge on any atom is 0.307 e. The molecule has 6 nitrogen and oxygen atoms in total. The summed E-state index contributed by atoms with van der Waals surface area (Å²) in [5.41, 5.74) is 7.43. The van der Waals surface area contributed by atoms with Crippen molar-refractivity contribution in [3.63, 3.8) is 0 Å². The molecular formula is C14H18N4O2S. The van der Waals surface area contributed by atoms with Gasteiger partial charge >= 0.3 is 5.97 Å². The predicted octanol–water partition coefficient (Wildman–Crippen LogP) is 1.46. The SMILES string of the molecule is Cc1nnc(SCc2ccccc2CC(=O)O)n1CCN. The molecule has 2 aromatic rings. The van der Waals surface area contributed by atoms with E-state index in [1.165, 1.54) is 0 Å². The van der Waals surface area contributed by atoms with E-state index in [1.54, 1.807) is 11.8 Å². The summed E-state index contributed by atoms with van der Waals surface area (Å²) in [6, 6.07) is 7.56. The van der Waals surface area contributed by atoms with Gasteiger partial charge in [-0.3, -0.25) is 4.79 Å². The molecule has 7 heteroatoms. The van der Waals surface area contributed by atoms with Gasteiger partial charge in [0.25, 0.3) is 0 Å². The molecule has 0 saturated heterocycles. The number of nitrogens with zero attached hydrogens (tertiary/aromatic N) is 3. The van der Waals surface area contributed by atoms with Gasteiger partial charge in [-0.05, 0) is 18.1 Å². The highest BCUT2D eigenvalue weighted by Gasteiger charge is 2.11. The van der Waals surface area contributed by atoms with E-state index in [4.69, 9.17) is 10.8 Å². The maximum absolute atomic E-state index is 10.9. The van der Waals surface area contributed by atoms with E-state index in [1.807, 2.05) is 35.8 Å².